The standard InChI is InChI=1S/C21H21N3O5/c1-14-6-5-7-15(10-14)20(27)23-24-12-16(11-19(24)26)21(28)29-13-18(25)22-17-8-3-2-4-9-17/h2-10,16H,11-13H2,1H3,(H,22,25)(H,23,27)/t16-/m0/s1. The molecule has 0 spiro atoms. The Kier molecular flexibility index (Phi) is 6.23. The Morgan fingerprint density at radius 1 is 1.10 bits per heavy atom. The number of hydrogen-bond acceptors (Lipinski definition) is 5. The zero-order valence-corrected chi connectivity index (χ0v) is 15.9. The first-order chi connectivity index (χ1) is 13.9. The van der Waals surface area contributed by atoms with Crippen molar-refractivity contribution in [3.05, 3.63) is 65.7 Å². The minimum Gasteiger partial charge on any atom is -0.455 e. The minimum absolute atomic E-state index is 0.00444. The maximum Gasteiger partial charge on any atom is 0.311 e. The Bertz CT molecular complexity index is 929. The van der Waals surface area contributed by atoms with Crippen molar-refractivity contribution >= 4 is 29.4 Å². The summed E-state index contributed by atoms with van der Waals surface area (Å²) in [7, 11) is 0. The summed E-state index contributed by atoms with van der Waals surface area (Å²) in [4.78, 5) is 48.5. The van der Waals surface area contributed by atoms with Crippen LogP contribution in [0.2, 0.25) is 0 Å². The number of nitrogens with one attached hydrogen (secondary N) is 2. The predicted molar refractivity (Wildman–Crippen MR) is 104 cm³/mol. The van der Waals surface area contributed by atoms with Gasteiger partial charge >= 0.3 is 5.97 Å². The summed E-state index contributed by atoms with van der Waals surface area (Å²) in [6.45, 7) is 1.40. The second-order valence-corrected chi connectivity index (χ2v) is 6.74. The molecule has 1 aliphatic heterocycles. The predicted octanol–water partition coefficient (Wildman–Crippen LogP) is 1.67. The molecule has 2 aromatic rings. The molecule has 2 N–H and O–H groups in total. The molecule has 8 nitrogen and oxygen atoms in total. The molecule has 0 unspecified atom stereocenters. The van der Waals surface area contributed by atoms with Crippen molar-refractivity contribution in [3.8, 4) is 0 Å². The zero-order chi connectivity index (χ0) is 20.8. The molecule has 3 amide bonds. The van der Waals surface area contributed by atoms with Crippen LogP contribution in [0.5, 0.6) is 0 Å². The molecule has 3 rings (SSSR count). The van der Waals surface area contributed by atoms with Gasteiger partial charge in [-0.05, 0) is 31.2 Å². The van der Waals surface area contributed by atoms with Crippen LogP contribution in [-0.4, -0.2) is 41.9 Å². The first kappa shape index (κ1) is 20.1. The Balaban J connectivity index is 1.48. The van der Waals surface area contributed by atoms with Crippen LogP contribution in [0, 0.1) is 12.8 Å². The van der Waals surface area contributed by atoms with Gasteiger partial charge in [-0.1, -0.05) is 35.9 Å². The average molecular weight is 395 g/mol. The van der Waals surface area contributed by atoms with E-state index in [9.17, 15) is 19.2 Å². The van der Waals surface area contributed by atoms with Gasteiger partial charge in [-0.3, -0.25) is 29.6 Å². The highest BCUT2D eigenvalue weighted by atomic mass is 16.5. The van der Waals surface area contributed by atoms with E-state index in [1.807, 2.05) is 19.1 Å². The summed E-state index contributed by atoms with van der Waals surface area (Å²) in [6, 6.07) is 15.7. The number of para-hydroxylation sites is 1. The molecule has 8 heteroatoms. The van der Waals surface area contributed by atoms with Gasteiger partial charge in [-0.2, -0.15) is 0 Å². The van der Waals surface area contributed by atoms with Crippen molar-refractivity contribution in [1.29, 1.82) is 0 Å². The monoisotopic (exact) mass is 395 g/mol. The smallest absolute Gasteiger partial charge is 0.311 e. The molecule has 1 aliphatic rings. The molecule has 29 heavy (non-hydrogen) atoms. The quantitative estimate of drug-likeness (QED) is 0.724. The summed E-state index contributed by atoms with van der Waals surface area (Å²) in [5.41, 5.74) is 4.44. The van der Waals surface area contributed by atoms with E-state index in [0.29, 0.717) is 11.3 Å². The number of aryl methyl sites for hydroxylation is 1. The highest BCUT2D eigenvalue weighted by Crippen LogP contribution is 2.18. The van der Waals surface area contributed by atoms with Crippen LogP contribution in [-0.2, 0) is 19.1 Å². The number of hydrazine groups is 1. The van der Waals surface area contributed by atoms with Gasteiger partial charge in [-0.25, -0.2) is 0 Å². The number of carbonyl (C=O) groups is 4. The summed E-state index contributed by atoms with van der Waals surface area (Å²) < 4.78 is 5.02. The third-order valence-electron chi connectivity index (χ3n) is 4.38. The van der Waals surface area contributed by atoms with E-state index >= 15 is 0 Å². The Morgan fingerprint density at radius 2 is 1.86 bits per heavy atom. The van der Waals surface area contributed by atoms with Gasteiger partial charge in [0.1, 0.15) is 0 Å². The third kappa shape index (κ3) is 5.41. The molecule has 0 aromatic heterocycles. The Labute approximate surface area is 167 Å². The van der Waals surface area contributed by atoms with Gasteiger partial charge in [0.05, 0.1) is 12.5 Å². The lowest BCUT2D eigenvalue weighted by atomic mass is 10.1. The lowest BCUT2D eigenvalue weighted by Crippen LogP contribution is -2.43. The van der Waals surface area contributed by atoms with Gasteiger partial charge in [0.15, 0.2) is 6.61 Å². The summed E-state index contributed by atoms with van der Waals surface area (Å²) in [5, 5.41) is 3.72. The number of carbonyl (C=O) groups excluding carboxylic acids is 4. The average Bonchev–Trinajstić information content (AvgIpc) is 3.07. The molecule has 1 atom stereocenters. The number of ether oxygens (including phenoxy) is 1. The van der Waals surface area contributed by atoms with Crippen LogP contribution in [0.3, 0.4) is 0 Å². The first-order valence-corrected chi connectivity index (χ1v) is 9.12. The second-order valence-electron chi connectivity index (χ2n) is 6.74. The van der Waals surface area contributed by atoms with Crippen LogP contribution in [0.15, 0.2) is 54.6 Å². The molecular formula is C21H21N3O5. The highest BCUT2D eigenvalue weighted by Gasteiger charge is 2.36. The zero-order valence-electron chi connectivity index (χ0n) is 15.9. The Hall–Kier alpha value is -3.68. The summed E-state index contributed by atoms with van der Waals surface area (Å²) in [6.07, 6.45) is -0.0900. The molecule has 0 aliphatic carbocycles. The van der Waals surface area contributed by atoms with Crippen molar-refractivity contribution in [2.24, 2.45) is 5.92 Å². The molecule has 1 heterocycles. The Morgan fingerprint density at radius 3 is 2.59 bits per heavy atom. The number of rotatable bonds is 6. The van der Waals surface area contributed by atoms with E-state index in [2.05, 4.69) is 10.7 Å². The summed E-state index contributed by atoms with van der Waals surface area (Å²) >= 11 is 0. The number of amides is 3. The normalized spacial score (nSPS) is 15.7. The van der Waals surface area contributed by atoms with Crippen molar-refractivity contribution in [3.63, 3.8) is 0 Å². The molecule has 1 saturated heterocycles. The minimum atomic E-state index is -0.746. The van der Waals surface area contributed by atoms with Gasteiger partial charge in [0, 0.05) is 17.7 Å². The van der Waals surface area contributed by atoms with Crippen LogP contribution in [0.25, 0.3) is 0 Å². The van der Waals surface area contributed by atoms with Gasteiger partial charge in [-0.15, -0.1) is 0 Å². The van der Waals surface area contributed by atoms with E-state index in [0.717, 1.165) is 10.6 Å². The van der Waals surface area contributed by atoms with Gasteiger partial charge in [0.2, 0.25) is 5.91 Å². The molecule has 0 radical (unpaired) electrons. The van der Waals surface area contributed by atoms with Crippen molar-refractivity contribution in [2.45, 2.75) is 13.3 Å². The fraction of sp³-hybridized carbons (Fsp3) is 0.238. The van der Waals surface area contributed by atoms with Crippen LogP contribution in [0.1, 0.15) is 22.3 Å². The van der Waals surface area contributed by atoms with E-state index in [1.54, 1.807) is 42.5 Å². The van der Waals surface area contributed by atoms with E-state index in [-0.39, 0.29) is 18.9 Å². The number of hydrogen-bond donors (Lipinski definition) is 2. The highest BCUT2D eigenvalue weighted by molar-refractivity contribution is 5.97. The lowest BCUT2D eigenvalue weighted by molar-refractivity contribution is -0.151. The maximum absolute atomic E-state index is 12.3. The van der Waals surface area contributed by atoms with E-state index in [4.69, 9.17) is 4.74 Å². The molecule has 0 bridgehead atoms. The molecular weight excluding hydrogens is 374 g/mol. The lowest BCUT2D eigenvalue weighted by Gasteiger charge is -2.17. The van der Waals surface area contributed by atoms with Crippen molar-refractivity contribution in [1.82, 2.24) is 10.4 Å². The van der Waals surface area contributed by atoms with E-state index in [1.165, 1.54) is 0 Å². The number of benzene rings is 2. The summed E-state index contributed by atoms with van der Waals surface area (Å²) in [5.74, 6) is -2.70. The van der Waals surface area contributed by atoms with Crippen molar-refractivity contribution in [2.75, 3.05) is 18.5 Å². The topological polar surface area (TPSA) is 105 Å². The fourth-order valence-corrected chi connectivity index (χ4v) is 2.92. The first-order valence-electron chi connectivity index (χ1n) is 9.12. The number of esters is 1. The van der Waals surface area contributed by atoms with Crippen molar-refractivity contribution < 1.29 is 23.9 Å². The largest absolute Gasteiger partial charge is 0.455 e. The molecule has 0 saturated carbocycles. The molecule has 150 valence electrons. The van der Waals surface area contributed by atoms with Gasteiger partial charge in [0.25, 0.3) is 11.8 Å². The van der Waals surface area contributed by atoms with Crippen LogP contribution < -0.4 is 10.7 Å². The second kappa shape index (κ2) is 9.01. The van der Waals surface area contributed by atoms with Gasteiger partial charge < -0.3 is 10.1 Å². The number of nitrogens with zero attached hydrogens (tertiary/aromatic N) is 1. The SMILES string of the molecule is Cc1cccc(C(=O)NN2C[C@@H](C(=O)OCC(=O)Nc3ccccc3)CC2=O)c1. The third-order valence-corrected chi connectivity index (χ3v) is 4.38. The number of anilines is 1. The van der Waals surface area contributed by atoms with E-state index < -0.39 is 30.3 Å². The van der Waals surface area contributed by atoms with Crippen LogP contribution in [0.4, 0.5) is 5.69 Å². The molecule has 1 fully saturated rings. The van der Waals surface area contributed by atoms with Crippen LogP contribution >= 0.6 is 0 Å². The molecule has 2 aromatic carbocycles. The fourth-order valence-electron chi connectivity index (χ4n) is 2.92. The maximum atomic E-state index is 12.3.